The van der Waals surface area contributed by atoms with E-state index in [0.717, 1.165) is 40.4 Å². The molecule has 1 aromatic heterocycles. The van der Waals surface area contributed by atoms with Gasteiger partial charge >= 0.3 is 0 Å². The van der Waals surface area contributed by atoms with Crippen molar-refractivity contribution in [3.63, 3.8) is 0 Å². The molecule has 1 atom stereocenters. The molecule has 1 saturated heterocycles. The highest BCUT2D eigenvalue weighted by Crippen LogP contribution is 2.29. The smallest absolute Gasteiger partial charge is 0.123 e. The molecule has 1 aliphatic rings. The van der Waals surface area contributed by atoms with Crippen molar-refractivity contribution in [2.45, 2.75) is 6.10 Å². The molecule has 0 saturated carbocycles. The van der Waals surface area contributed by atoms with Gasteiger partial charge in [-0.25, -0.2) is 4.98 Å². The molecule has 2 aromatic rings. The average Bonchev–Trinajstić information content (AvgIpc) is 2.89. The van der Waals surface area contributed by atoms with Gasteiger partial charge in [-0.1, -0.05) is 28.1 Å². The van der Waals surface area contributed by atoms with Gasteiger partial charge in [0.05, 0.1) is 12.3 Å². The monoisotopic (exact) mass is 324 g/mol. The summed E-state index contributed by atoms with van der Waals surface area (Å²) < 4.78 is 6.79. The van der Waals surface area contributed by atoms with Crippen LogP contribution >= 0.6 is 27.3 Å². The largest absolute Gasteiger partial charge is 0.369 e. The van der Waals surface area contributed by atoms with Gasteiger partial charge in [0.15, 0.2) is 0 Å². The number of aromatic nitrogens is 1. The summed E-state index contributed by atoms with van der Waals surface area (Å²) in [4.78, 5) is 4.68. The summed E-state index contributed by atoms with van der Waals surface area (Å²) in [6.45, 7) is 2.54. The quantitative estimate of drug-likeness (QED) is 0.920. The Balaban J connectivity index is 1.84. The first-order chi connectivity index (χ1) is 8.83. The summed E-state index contributed by atoms with van der Waals surface area (Å²) in [6.07, 6.45) is 0.0934. The van der Waals surface area contributed by atoms with Crippen molar-refractivity contribution in [1.29, 1.82) is 0 Å². The average molecular weight is 325 g/mol. The lowest BCUT2D eigenvalue weighted by Crippen LogP contribution is -2.33. The second kappa shape index (κ2) is 5.48. The van der Waals surface area contributed by atoms with Crippen LogP contribution in [0.15, 0.2) is 34.1 Å². The van der Waals surface area contributed by atoms with Crippen LogP contribution in [0.3, 0.4) is 0 Å². The molecule has 3 nitrogen and oxygen atoms in total. The summed E-state index contributed by atoms with van der Waals surface area (Å²) in [7, 11) is 0. The summed E-state index contributed by atoms with van der Waals surface area (Å²) in [5.41, 5.74) is 2.17. The number of thiazole rings is 1. The Morgan fingerprint density at radius 1 is 1.44 bits per heavy atom. The lowest BCUT2D eigenvalue weighted by Gasteiger charge is -2.21. The normalized spacial score (nSPS) is 19.9. The Hall–Kier alpha value is -0.750. The molecule has 0 bridgehead atoms. The summed E-state index contributed by atoms with van der Waals surface area (Å²) in [6, 6.07) is 8.21. The molecular weight excluding hydrogens is 312 g/mol. The second-order valence-electron chi connectivity index (χ2n) is 4.15. The van der Waals surface area contributed by atoms with Crippen molar-refractivity contribution < 1.29 is 4.74 Å². The van der Waals surface area contributed by atoms with Gasteiger partial charge in [0.2, 0.25) is 0 Å². The number of hydrogen-bond acceptors (Lipinski definition) is 4. The van der Waals surface area contributed by atoms with Crippen LogP contribution in [-0.2, 0) is 4.74 Å². The number of halogens is 1. The van der Waals surface area contributed by atoms with Crippen LogP contribution in [0, 0.1) is 0 Å². The van der Waals surface area contributed by atoms with E-state index in [1.165, 1.54) is 0 Å². The molecule has 0 radical (unpaired) electrons. The molecule has 0 aliphatic carbocycles. The fourth-order valence-electron chi connectivity index (χ4n) is 1.94. The zero-order chi connectivity index (χ0) is 12.4. The first-order valence-electron chi connectivity index (χ1n) is 5.86. The Morgan fingerprint density at radius 2 is 2.39 bits per heavy atom. The number of morpholine rings is 1. The maximum Gasteiger partial charge on any atom is 0.123 e. The molecule has 0 amide bonds. The van der Waals surface area contributed by atoms with Crippen LogP contribution in [0.5, 0.6) is 0 Å². The van der Waals surface area contributed by atoms with Crippen LogP contribution < -0.4 is 5.32 Å². The maximum atomic E-state index is 5.71. The van der Waals surface area contributed by atoms with E-state index in [1.54, 1.807) is 11.3 Å². The lowest BCUT2D eigenvalue weighted by atomic mass is 10.2. The van der Waals surface area contributed by atoms with Gasteiger partial charge in [0, 0.05) is 28.5 Å². The lowest BCUT2D eigenvalue weighted by molar-refractivity contribution is 0.0254. The van der Waals surface area contributed by atoms with E-state index in [9.17, 15) is 0 Å². The van der Waals surface area contributed by atoms with Gasteiger partial charge in [0.25, 0.3) is 0 Å². The van der Waals surface area contributed by atoms with Gasteiger partial charge < -0.3 is 10.1 Å². The van der Waals surface area contributed by atoms with E-state index >= 15 is 0 Å². The van der Waals surface area contributed by atoms with Gasteiger partial charge in [-0.3, -0.25) is 0 Å². The van der Waals surface area contributed by atoms with Gasteiger partial charge in [0.1, 0.15) is 11.1 Å². The SMILES string of the molecule is Brc1cccc(-c2nc(C3CNCCO3)cs2)c1. The Kier molecular flexibility index (Phi) is 3.75. The van der Waals surface area contributed by atoms with Gasteiger partial charge in [-0.2, -0.15) is 0 Å². The number of nitrogens with one attached hydrogen (secondary N) is 1. The molecule has 2 heterocycles. The predicted molar refractivity (Wildman–Crippen MR) is 76.8 cm³/mol. The molecular formula is C13H13BrN2OS. The maximum absolute atomic E-state index is 5.71. The van der Waals surface area contributed by atoms with Crippen LogP contribution in [0.1, 0.15) is 11.8 Å². The van der Waals surface area contributed by atoms with E-state index in [0.29, 0.717) is 0 Å². The molecule has 1 aliphatic heterocycles. The Morgan fingerprint density at radius 3 is 3.17 bits per heavy atom. The second-order valence-corrected chi connectivity index (χ2v) is 5.93. The fraction of sp³-hybridized carbons (Fsp3) is 0.308. The molecule has 1 N–H and O–H groups in total. The number of rotatable bonds is 2. The van der Waals surface area contributed by atoms with Crippen LogP contribution in [0.4, 0.5) is 0 Å². The number of benzene rings is 1. The van der Waals surface area contributed by atoms with Crippen LogP contribution in [-0.4, -0.2) is 24.7 Å². The standard InChI is InChI=1S/C13H13BrN2OS/c14-10-3-1-2-9(6-10)13-16-11(8-18-13)12-7-15-4-5-17-12/h1-3,6,8,12,15H,4-5,7H2. The number of ether oxygens (including phenoxy) is 1. The molecule has 3 rings (SSSR count). The minimum Gasteiger partial charge on any atom is -0.369 e. The van der Waals surface area contributed by atoms with Gasteiger partial charge in [-0.05, 0) is 12.1 Å². The molecule has 18 heavy (non-hydrogen) atoms. The Labute approximate surface area is 118 Å². The highest BCUT2D eigenvalue weighted by atomic mass is 79.9. The molecule has 1 unspecified atom stereocenters. The molecule has 1 aromatic carbocycles. The van der Waals surface area contributed by atoms with Crippen molar-refractivity contribution in [3.05, 3.63) is 39.8 Å². The summed E-state index contributed by atoms with van der Waals surface area (Å²) >= 11 is 5.15. The highest BCUT2D eigenvalue weighted by Gasteiger charge is 2.18. The highest BCUT2D eigenvalue weighted by molar-refractivity contribution is 9.10. The molecule has 5 heteroatoms. The zero-order valence-electron chi connectivity index (χ0n) is 9.73. The van der Waals surface area contributed by atoms with Crippen LogP contribution in [0.2, 0.25) is 0 Å². The third kappa shape index (κ3) is 2.64. The van der Waals surface area contributed by atoms with Crippen molar-refractivity contribution >= 4 is 27.3 Å². The third-order valence-electron chi connectivity index (χ3n) is 2.85. The summed E-state index contributed by atoms with van der Waals surface area (Å²) in [5, 5.41) is 6.46. The first-order valence-corrected chi connectivity index (χ1v) is 7.54. The zero-order valence-corrected chi connectivity index (χ0v) is 12.1. The van der Waals surface area contributed by atoms with Gasteiger partial charge in [-0.15, -0.1) is 11.3 Å². The van der Waals surface area contributed by atoms with E-state index in [4.69, 9.17) is 4.74 Å². The van der Waals surface area contributed by atoms with Crippen molar-refractivity contribution in [1.82, 2.24) is 10.3 Å². The number of nitrogens with zero attached hydrogens (tertiary/aromatic N) is 1. The molecule has 0 spiro atoms. The van der Waals surface area contributed by atoms with Crippen LogP contribution in [0.25, 0.3) is 10.6 Å². The predicted octanol–water partition coefficient (Wildman–Crippen LogP) is 3.23. The minimum absolute atomic E-state index is 0.0934. The van der Waals surface area contributed by atoms with E-state index in [1.807, 2.05) is 12.1 Å². The molecule has 94 valence electrons. The third-order valence-corrected chi connectivity index (χ3v) is 4.25. The number of hydrogen-bond donors (Lipinski definition) is 1. The van der Waals surface area contributed by atoms with Crippen molar-refractivity contribution in [2.75, 3.05) is 19.7 Å². The Bertz CT molecular complexity index is 537. The van der Waals surface area contributed by atoms with E-state index in [2.05, 4.69) is 43.7 Å². The topological polar surface area (TPSA) is 34.2 Å². The van der Waals surface area contributed by atoms with E-state index < -0.39 is 0 Å². The summed E-state index contributed by atoms with van der Waals surface area (Å²) in [5.74, 6) is 0. The van der Waals surface area contributed by atoms with Crippen molar-refractivity contribution in [3.8, 4) is 10.6 Å². The van der Waals surface area contributed by atoms with Crippen molar-refractivity contribution in [2.24, 2.45) is 0 Å². The molecule has 1 fully saturated rings. The fourth-order valence-corrected chi connectivity index (χ4v) is 3.20. The minimum atomic E-state index is 0.0934. The first kappa shape index (κ1) is 12.3. The van der Waals surface area contributed by atoms with E-state index in [-0.39, 0.29) is 6.10 Å².